The van der Waals surface area contributed by atoms with E-state index in [1.807, 2.05) is 0 Å². The van der Waals surface area contributed by atoms with Crippen molar-refractivity contribution in [2.24, 2.45) is 0 Å². The molecule has 1 spiro atoms. The van der Waals surface area contributed by atoms with Crippen molar-refractivity contribution < 1.29 is 19.5 Å². The van der Waals surface area contributed by atoms with Crippen LogP contribution in [-0.4, -0.2) is 53.6 Å². The Bertz CT molecular complexity index is 635. The zero-order valence-electron chi connectivity index (χ0n) is 12.2. The predicted octanol–water partition coefficient (Wildman–Crippen LogP) is 0.905. The third-order valence-electron chi connectivity index (χ3n) is 4.41. The molecule has 7 nitrogen and oxygen atoms in total. The van der Waals surface area contributed by atoms with Crippen molar-refractivity contribution in [1.82, 2.24) is 10.2 Å². The molecule has 3 rings (SSSR count). The van der Waals surface area contributed by atoms with Crippen LogP contribution in [0.15, 0.2) is 24.3 Å². The van der Waals surface area contributed by atoms with E-state index in [-0.39, 0.29) is 17.5 Å². The van der Waals surface area contributed by atoms with Gasteiger partial charge in [0, 0.05) is 12.7 Å². The van der Waals surface area contributed by atoms with E-state index in [4.69, 9.17) is 5.11 Å². The van der Waals surface area contributed by atoms with E-state index in [9.17, 15) is 14.4 Å². The summed E-state index contributed by atoms with van der Waals surface area (Å²) < 4.78 is 0. The molecule has 116 valence electrons. The lowest BCUT2D eigenvalue weighted by Crippen LogP contribution is -2.56. The number of piperidine rings is 1. The van der Waals surface area contributed by atoms with Crippen LogP contribution in [0.3, 0.4) is 0 Å². The van der Waals surface area contributed by atoms with Crippen molar-refractivity contribution >= 4 is 23.6 Å². The summed E-state index contributed by atoms with van der Waals surface area (Å²) in [4.78, 5) is 38.7. The molecule has 22 heavy (non-hydrogen) atoms. The van der Waals surface area contributed by atoms with Gasteiger partial charge in [0.1, 0.15) is 5.54 Å². The number of anilines is 1. The smallest absolute Gasteiger partial charge is 0.335 e. The third-order valence-corrected chi connectivity index (χ3v) is 4.41. The van der Waals surface area contributed by atoms with Crippen LogP contribution in [0.5, 0.6) is 0 Å². The van der Waals surface area contributed by atoms with Gasteiger partial charge in [-0.25, -0.2) is 9.59 Å². The van der Waals surface area contributed by atoms with Gasteiger partial charge in [-0.15, -0.1) is 0 Å². The molecule has 0 bridgehead atoms. The highest BCUT2D eigenvalue weighted by Gasteiger charge is 2.56. The first kappa shape index (κ1) is 14.5. The predicted molar refractivity (Wildman–Crippen MR) is 78.9 cm³/mol. The van der Waals surface area contributed by atoms with Gasteiger partial charge in [0.25, 0.3) is 5.91 Å². The molecular formula is C15H17N3O4. The van der Waals surface area contributed by atoms with E-state index in [1.54, 1.807) is 12.1 Å². The number of nitrogens with zero attached hydrogens (tertiary/aromatic N) is 2. The number of aromatic carboxylic acids is 1. The van der Waals surface area contributed by atoms with E-state index in [2.05, 4.69) is 5.32 Å². The van der Waals surface area contributed by atoms with Gasteiger partial charge in [-0.2, -0.15) is 0 Å². The first-order valence-electron chi connectivity index (χ1n) is 7.14. The van der Waals surface area contributed by atoms with Crippen LogP contribution >= 0.6 is 0 Å². The first-order chi connectivity index (χ1) is 10.5. The number of carbonyl (C=O) groups is 3. The van der Waals surface area contributed by atoms with Crippen molar-refractivity contribution in [1.29, 1.82) is 0 Å². The fourth-order valence-electron chi connectivity index (χ4n) is 3.22. The second-order valence-corrected chi connectivity index (χ2v) is 5.62. The van der Waals surface area contributed by atoms with Crippen molar-refractivity contribution in [2.45, 2.75) is 18.4 Å². The zero-order valence-corrected chi connectivity index (χ0v) is 12.2. The number of amides is 3. The molecule has 0 saturated carbocycles. The minimum absolute atomic E-state index is 0.148. The summed E-state index contributed by atoms with van der Waals surface area (Å²) in [5.74, 6) is -1.22. The number of hydrogen-bond acceptors (Lipinski definition) is 4. The Morgan fingerprint density at radius 2 is 1.77 bits per heavy atom. The molecule has 2 fully saturated rings. The van der Waals surface area contributed by atoms with E-state index >= 15 is 0 Å². The quantitative estimate of drug-likeness (QED) is 0.792. The summed E-state index contributed by atoms with van der Waals surface area (Å²) in [6.07, 6.45) is 1.09. The summed E-state index contributed by atoms with van der Waals surface area (Å²) in [6.45, 7) is 1.33. The zero-order chi connectivity index (χ0) is 15.9. The maximum Gasteiger partial charge on any atom is 0.335 e. The second-order valence-electron chi connectivity index (χ2n) is 5.62. The highest BCUT2D eigenvalue weighted by Crippen LogP contribution is 2.38. The molecule has 0 unspecified atom stereocenters. The van der Waals surface area contributed by atoms with Crippen LogP contribution in [0.25, 0.3) is 0 Å². The minimum atomic E-state index is -1.02. The summed E-state index contributed by atoms with van der Waals surface area (Å²) in [5.41, 5.74) is -0.161. The lowest BCUT2D eigenvalue weighted by molar-refractivity contribution is -0.130. The Morgan fingerprint density at radius 1 is 1.18 bits per heavy atom. The number of carbonyl (C=O) groups excluding carboxylic acids is 2. The maximum absolute atomic E-state index is 12.6. The average Bonchev–Trinajstić information content (AvgIpc) is 2.70. The highest BCUT2D eigenvalue weighted by atomic mass is 16.4. The number of rotatable bonds is 2. The van der Waals surface area contributed by atoms with E-state index in [1.165, 1.54) is 24.1 Å². The molecule has 1 aromatic rings. The Balaban J connectivity index is 2.03. The Morgan fingerprint density at radius 3 is 2.32 bits per heavy atom. The lowest BCUT2D eigenvalue weighted by atomic mass is 9.86. The third kappa shape index (κ3) is 1.97. The van der Waals surface area contributed by atoms with Crippen LogP contribution in [0.4, 0.5) is 10.5 Å². The number of imide groups is 1. The Hall–Kier alpha value is -2.41. The molecule has 0 aromatic heterocycles. The molecule has 7 heteroatoms. The van der Waals surface area contributed by atoms with Gasteiger partial charge in [-0.3, -0.25) is 14.6 Å². The Kier molecular flexibility index (Phi) is 3.37. The molecule has 2 heterocycles. The van der Waals surface area contributed by atoms with Gasteiger partial charge in [-0.05, 0) is 50.2 Å². The summed E-state index contributed by atoms with van der Waals surface area (Å²) in [7, 11) is 1.49. The standard InChI is InChI=1S/C15H17N3O4/c1-17-13(21)15(6-8-16-9-7-15)18(14(17)22)11-4-2-10(3-5-11)12(19)20/h2-5,16H,6-9H2,1H3,(H,19,20). The number of carboxylic acid groups (broad SMARTS) is 1. The van der Waals surface area contributed by atoms with Gasteiger partial charge in [0.15, 0.2) is 0 Å². The summed E-state index contributed by atoms with van der Waals surface area (Å²) >= 11 is 0. The van der Waals surface area contributed by atoms with Gasteiger partial charge in [0.05, 0.1) is 5.56 Å². The van der Waals surface area contributed by atoms with Crippen LogP contribution in [0.2, 0.25) is 0 Å². The number of benzene rings is 1. The van der Waals surface area contributed by atoms with E-state index < -0.39 is 11.5 Å². The number of nitrogens with one attached hydrogen (secondary N) is 1. The molecule has 0 atom stereocenters. The summed E-state index contributed by atoms with van der Waals surface area (Å²) in [5, 5.41) is 12.2. The van der Waals surface area contributed by atoms with Crippen LogP contribution in [0.1, 0.15) is 23.2 Å². The summed E-state index contributed by atoms with van der Waals surface area (Å²) in [6, 6.07) is 5.69. The molecule has 2 aliphatic heterocycles. The fourth-order valence-corrected chi connectivity index (χ4v) is 3.22. The Labute approximate surface area is 127 Å². The fraction of sp³-hybridized carbons (Fsp3) is 0.400. The topological polar surface area (TPSA) is 90.0 Å². The minimum Gasteiger partial charge on any atom is -0.478 e. The first-order valence-corrected chi connectivity index (χ1v) is 7.14. The number of likely N-dealkylation sites (N-methyl/N-ethyl adjacent to an activating group) is 1. The lowest BCUT2D eigenvalue weighted by Gasteiger charge is -2.38. The molecular weight excluding hydrogens is 286 g/mol. The van der Waals surface area contributed by atoms with E-state index in [0.717, 1.165) is 4.90 Å². The molecule has 1 aromatic carbocycles. The molecule has 2 aliphatic rings. The molecule has 2 saturated heterocycles. The molecule has 0 radical (unpaired) electrons. The maximum atomic E-state index is 12.6. The second kappa shape index (κ2) is 5.10. The molecule has 3 amide bonds. The van der Waals surface area contributed by atoms with Crippen LogP contribution in [-0.2, 0) is 4.79 Å². The van der Waals surface area contributed by atoms with Crippen molar-refractivity contribution in [3.05, 3.63) is 29.8 Å². The van der Waals surface area contributed by atoms with Gasteiger partial charge >= 0.3 is 12.0 Å². The number of urea groups is 1. The number of hydrogen-bond donors (Lipinski definition) is 2. The van der Waals surface area contributed by atoms with Crippen LogP contribution in [0, 0.1) is 0 Å². The van der Waals surface area contributed by atoms with Gasteiger partial charge < -0.3 is 10.4 Å². The van der Waals surface area contributed by atoms with Crippen molar-refractivity contribution in [3.8, 4) is 0 Å². The SMILES string of the molecule is CN1C(=O)N(c2ccc(C(=O)O)cc2)C2(CCNCC2)C1=O. The molecule has 2 N–H and O–H groups in total. The number of carboxylic acids is 1. The molecule has 0 aliphatic carbocycles. The van der Waals surface area contributed by atoms with Crippen LogP contribution < -0.4 is 10.2 Å². The van der Waals surface area contributed by atoms with Gasteiger partial charge in [0.2, 0.25) is 0 Å². The normalized spacial score (nSPS) is 20.8. The van der Waals surface area contributed by atoms with E-state index in [0.29, 0.717) is 31.6 Å². The van der Waals surface area contributed by atoms with Crippen molar-refractivity contribution in [2.75, 3.05) is 25.0 Å². The highest BCUT2D eigenvalue weighted by molar-refractivity contribution is 6.16. The largest absolute Gasteiger partial charge is 0.478 e. The average molecular weight is 303 g/mol. The van der Waals surface area contributed by atoms with Crippen molar-refractivity contribution in [3.63, 3.8) is 0 Å². The van der Waals surface area contributed by atoms with Gasteiger partial charge in [-0.1, -0.05) is 0 Å². The monoisotopic (exact) mass is 303 g/mol.